The summed E-state index contributed by atoms with van der Waals surface area (Å²) in [5.74, 6) is 1.59. The molecule has 3 nitrogen and oxygen atoms in total. The quantitative estimate of drug-likeness (QED) is 0.554. The monoisotopic (exact) mass is 364 g/mol. The van der Waals surface area contributed by atoms with Gasteiger partial charge in [-0.05, 0) is 79.7 Å². The second-order valence-electron chi connectivity index (χ2n) is 9.82. The predicted molar refractivity (Wildman–Crippen MR) is 102 cm³/mol. The van der Waals surface area contributed by atoms with Gasteiger partial charge in [-0.1, -0.05) is 25.5 Å². The van der Waals surface area contributed by atoms with E-state index >= 15 is 0 Å². The van der Waals surface area contributed by atoms with Gasteiger partial charge >= 0.3 is 0 Å². The van der Waals surface area contributed by atoms with Gasteiger partial charge in [0.15, 0.2) is 0 Å². The number of ketones is 1. The standard InChI is InChI=1S/C21H33O3P/c1-11(22)14-4-5-15-18-16(24)9-12-8-13(23)6-7-20(12,2)19(18)17(25)10-21(14,15)3/h9,13-19,23-24H,4-8,10,25H2,1-3H3/t13-,14+,15-,16-,17+,18?,19-,20?,21?/m0/s1. The van der Waals surface area contributed by atoms with Crippen molar-refractivity contribution >= 4 is 15.0 Å². The van der Waals surface area contributed by atoms with Crippen molar-refractivity contribution in [3.05, 3.63) is 11.6 Å². The lowest BCUT2D eigenvalue weighted by Crippen LogP contribution is -2.58. The molecule has 4 aliphatic carbocycles. The van der Waals surface area contributed by atoms with Crippen molar-refractivity contribution in [2.75, 3.05) is 0 Å². The number of hydrogen-bond acceptors (Lipinski definition) is 3. The molecule has 4 aliphatic rings. The van der Waals surface area contributed by atoms with Crippen molar-refractivity contribution in [3.8, 4) is 0 Å². The average Bonchev–Trinajstić information content (AvgIpc) is 2.85. The molecule has 0 radical (unpaired) electrons. The highest BCUT2D eigenvalue weighted by Crippen LogP contribution is 2.67. The average molecular weight is 364 g/mol. The van der Waals surface area contributed by atoms with Gasteiger partial charge in [0.05, 0.1) is 12.2 Å². The molecule has 0 bridgehead atoms. The smallest absolute Gasteiger partial charge is 0.133 e. The Bertz CT molecular complexity index is 616. The number of rotatable bonds is 1. The lowest BCUT2D eigenvalue weighted by atomic mass is 9.46. The maximum Gasteiger partial charge on any atom is 0.133 e. The molecule has 3 fully saturated rings. The van der Waals surface area contributed by atoms with E-state index in [1.54, 1.807) is 6.92 Å². The van der Waals surface area contributed by atoms with E-state index in [0.29, 0.717) is 29.7 Å². The Morgan fingerprint density at radius 2 is 1.96 bits per heavy atom. The Hall–Kier alpha value is -0.240. The molecule has 4 heteroatoms. The molecule has 0 saturated heterocycles. The van der Waals surface area contributed by atoms with Crippen LogP contribution in [0.1, 0.15) is 59.3 Å². The zero-order chi connectivity index (χ0) is 18.1. The number of carbonyl (C=O) groups is 1. The van der Waals surface area contributed by atoms with E-state index in [9.17, 15) is 15.0 Å². The first-order valence-corrected chi connectivity index (χ1v) is 10.7. The predicted octanol–water partition coefficient (Wildman–Crippen LogP) is 3.34. The van der Waals surface area contributed by atoms with Gasteiger partial charge < -0.3 is 10.2 Å². The van der Waals surface area contributed by atoms with Gasteiger partial charge in [0.25, 0.3) is 0 Å². The SMILES string of the molecule is CC(=O)[C@H]1CC[C@H]2C3[C@H]([C@H](P)CC12C)C1(C)CC[C@H](O)CC1=C[C@@H]3O. The first-order chi connectivity index (χ1) is 11.7. The molecule has 4 rings (SSSR count). The fraction of sp³-hybridized carbons (Fsp3) is 0.857. The van der Waals surface area contributed by atoms with Gasteiger partial charge in [-0.2, -0.15) is 0 Å². The molecule has 0 aliphatic heterocycles. The molecular formula is C21H33O3P. The van der Waals surface area contributed by atoms with Crippen LogP contribution in [0.15, 0.2) is 11.6 Å². The molecule has 0 aromatic heterocycles. The van der Waals surface area contributed by atoms with Crippen LogP contribution >= 0.6 is 9.24 Å². The van der Waals surface area contributed by atoms with Gasteiger partial charge in [0, 0.05) is 5.92 Å². The number of Topliss-reactive ketones (excluding diaryl/α,β-unsaturated/α-hetero) is 1. The van der Waals surface area contributed by atoms with Crippen molar-refractivity contribution in [2.45, 2.75) is 77.2 Å². The summed E-state index contributed by atoms with van der Waals surface area (Å²) in [5.41, 5.74) is 1.81. The summed E-state index contributed by atoms with van der Waals surface area (Å²) in [6, 6.07) is 0. The van der Waals surface area contributed by atoms with E-state index < -0.39 is 6.10 Å². The van der Waals surface area contributed by atoms with Crippen LogP contribution in [-0.4, -0.2) is 33.9 Å². The van der Waals surface area contributed by atoms with Crippen LogP contribution in [0.4, 0.5) is 0 Å². The fourth-order valence-electron chi connectivity index (χ4n) is 7.55. The van der Waals surface area contributed by atoms with Gasteiger partial charge in [-0.15, -0.1) is 9.24 Å². The first kappa shape index (κ1) is 18.1. The summed E-state index contributed by atoms with van der Waals surface area (Å²) >= 11 is 0. The van der Waals surface area contributed by atoms with Gasteiger partial charge in [0.2, 0.25) is 0 Å². The number of hydrogen-bond donors (Lipinski definition) is 2. The topological polar surface area (TPSA) is 57.5 Å². The molecule has 3 saturated carbocycles. The minimum Gasteiger partial charge on any atom is -0.393 e. The van der Waals surface area contributed by atoms with E-state index in [2.05, 4.69) is 29.2 Å². The molecular weight excluding hydrogens is 331 g/mol. The summed E-state index contributed by atoms with van der Waals surface area (Å²) in [6.45, 7) is 6.43. The van der Waals surface area contributed by atoms with Crippen molar-refractivity contribution in [3.63, 3.8) is 0 Å². The zero-order valence-electron chi connectivity index (χ0n) is 15.7. The first-order valence-electron chi connectivity index (χ1n) is 10.0. The number of carbonyl (C=O) groups excluding carboxylic acids is 1. The van der Waals surface area contributed by atoms with Gasteiger partial charge in [-0.25, -0.2) is 0 Å². The molecule has 25 heavy (non-hydrogen) atoms. The van der Waals surface area contributed by atoms with Gasteiger partial charge in [-0.3, -0.25) is 4.79 Å². The Labute approximate surface area is 153 Å². The third kappa shape index (κ3) is 2.45. The second kappa shape index (κ2) is 5.88. The zero-order valence-corrected chi connectivity index (χ0v) is 16.9. The van der Waals surface area contributed by atoms with Crippen molar-refractivity contribution in [1.82, 2.24) is 0 Å². The third-order valence-electron chi connectivity index (χ3n) is 8.60. The van der Waals surface area contributed by atoms with E-state index in [4.69, 9.17) is 0 Å². The Morgan fingerprint density at radius 1 is 1.24 bits per heavy atom. The molecule has 2 N–H and O–H groups in total. The lowest BCUT2D eigenvalue weighted by molar-refractivity contribution is -0.130. The third-order valence-corrected chi connectivity index (χ3v) is 9.25. The number of aliphatic hydroxyl groups is 2. The minimum absolute atomic E-state index is 0.0241. The molecule has 0 heterocycles. The molecule has 0 amide bonds. The highest BCUT2D eigenvalue weighted by atomic mass is 31.0. The summed E-state index contributed by atoms with van der Waals surface area (Å²) in [7, 11) is 3.08. The largest absolute Gasteiger partial charge is 0.393 e. The maximum absolute atomic E-state index is 12.3. The van der Waals surface area contributed by atoms with Crippen LogP contribution < -0.4 is 0 Å². The fourth-order valence-corrected chi connectivity index (χ4v) is 8.74. The number of aliphatic hydroxyl groups excluding tert-OH is 2. The summed E-state index contributed by atoms with van der Waals surface area (Å²) in [5, 5.41) is 21.2. The highest BCUT2D eigenvalue weighted by molar-refractivity contribution is 7.17. The minimum atomic E-state index is -0.434. The lowest BCUT2D eigenvalue weighted by Gasteiger charge is -2.61. The summed E-state index contributed by atoms with van der Waals surface area (Å²) < 4.78 is 0. The van der Waals surface area contributed by atoms with Crippen molar-refractivity contribution in [2.24, 2.45) is 34.5 Å². The highest BCUT2D eigenvalue weighted by Gasteiger charge is 2.63. The maximum atomic E-state index is 12.3. The molecule has 0 aromatic rings. The van der Waals surface area contributed by atoms with Gasteiger partial charge in [0.1, 0.15) is 5.78 Å². The molecule has 0 spiro atoms. The Kier molecular flexibility index (Phi) is 4.26. The molecule has 0 aromatic carbocycles. The molecule has 4 unspecified atom stereocenters. The van der Waals surface area contributed by atoms with E-state index in [-0.39, 0.29) is 28.8 Å². The Morgan fingerprint density at radius 3 is 2.64 bits per heavy atom. The van der Waals surface area contributed by atoms with Crippen molar-refractivity contribution in [1.29, 1.82) is 0 Å². The van der Waals surface area contributed by atoms with Crippen LogP contribution in [0.5, 0.6) is 0 Å². The normalized spacial score (nSPS) is 55.0. The molecule has 140 valence electrons. The Balaban J connectivity index is 1.77. The second-order valence-corrected chi connectivity index (χ2v) is 10.7. The van der Waals surface area contributed by atoms with E-state index in [1.165, 1.54) is 5.57 Å². The van der Waals surface area contributed by atoms with E-state index in [0.717, 1.165) is 32.1 Å². The van der Waals surface area contributed by atoms with Crippen LogP contribution in [0.2, 0.25) is 0 Å². The van der Waals surface area contributed by atoms with Crippen LogP contribution in [-0.2, 0) is 4.79 Å². The van der Waals surface area contributed by atoms with Crippen LogP contribution in [0.25, 0.3) is 0 Å². The van der Waals surface area contributed by atoms with Crippen molar-refractivity contribution < 1.29 is 15.0 Å². The summed E-state index contributed by atoms with van der Waals surface area (Å²) in [4.78, 5) is 12.3. The molecule has 10 atom stereocenters. The van der Waals surface area contributed by atoms with E-state index in [1.807, 2.05) is 0 Å². The summed E-state index contributed by atoms with van der Waals surface area (Å²) in [6.07, 6.45) is 7.09. The van der Waals surface area contributed by atoms with Crippen LogP contribution in [0.3, 0.4) is 0 Å². The van der Waals surface area contributed by atoms with Crippen LogP contribution in [0, 0.1) is 34.5 Å². The number of fused-ring (bicyclic) bond motifs is 5.